The topological polar surface area (TPSA) is 62.6 Å². The number of aryl methyl sites for hydroxylation is 1. The highest BCUT2D eigenvalue weighted by atomic mass is 16.3. The Labute approximate surface area is 164 Å². The van der Waals surface area contributed by atoms with Crippen LogP contribution in [0.2, 0.25) is 0 Å². The van der Waals surface area contributed by atoms with Gasteiger partial charge in [-0.1, -0.05) is 17.7 Å². The molecule has 0 fully saturated rings. The Hall–Kier alpha value is -3.34. The van der Waals surface area contributed by atoms with Crippen LogP contribution in [0.3, 0.4) is 0 Å². The predicted molar refractivity (Wildman–Crippen MR) is 108 cm³/mol. The Balaban J connectivity index is 1.52. The minimum Gasteiger partial charge on any atom is -0.461 e. The molecule has 2 aromatic carbocycles. The first-order valence-electron chi connectivity index (χ1n) is 9.35. The zero-order valence-corrected chi connectivity index (χ0v) is 16.0. The summed E-state index contributed by atoms with van der Waals surface area (Å²) in [6, 6.07) is 17.3. The van der Waals surface area contributed by atoms with E-state index in [-0.39, 0.29) is 11.8 Å². The summed E-state index contributed by atoms with van der Waals surface area (Å²) in [7, 11) is 0. The molecule has 0 bridgehead atoms. The molecule has 142 valence electrons. The molecule has 0 unspecified atom stereocenters. The molecule has 1 N–H and O–H groups in total. The number of anilines is 1. The summed E-state index contributed by atoms with van der Waals surface area (Å²) in [5, 5.41) is 2.76. The highest BCUT2D eigenvalue weighted by Gasteiger charge is 2.25. The van der Waals surface area contributed by atoms with Crippen molar-refractivity contribution in [3.63, 3.8) is 0 Å². The molecule has 28 heavy (non-hydrogen) atoms. The van der Waals surface area contributed by atoms with Gasteiger partial charge in [0.25, 0.3) is 5.91 Å². The van der Waals surface area contributed by atoms with E-state index in [0.29, 0.717) is 19.5 Å². The lowest BCUT2D eigenvalue weighted by Crippen LogP contribution is -2.35. The quantitative estimate of drug-likeness (QED) is 0.738. The van der Waals surface area contributed by atoms with Crippen LogP contribution < -0.4 is 5.32 Å². The predicted octanol–water partition coefficient (Wildman–Crippen LogP) is 4.41. The van der Waals surface area contributed by atoms with Gasteiger partial charge in [-0.2, -0.15) is 0 Å². The Bertz CT molecular complexity index is 1030. The van der Waals surface area contributed by atoms with Crippen molar-refractivity contribution >= 4 is 17.5 Å². The van der Waals surface area contributed by atoms with Crippen LogP contribution in [-0.4, -0.2) is 23.3 Å². The van der Waals surface area contributed by atoms with Gasteiger partial charge in [-0.15, -0.1) is 0 Å². The molecule has 0 spiro atoms. The van der Waals surface area contributed by atoms with Crippen LogP contribution in [-0.2, 0) is 17.8 Å². The van der Waals surface area contributed by atoms with E-state index < -0.39 is 0 Å². The maximum atomic E-state index is 12.8. The summed E-state index contributed by atoms with van der Waals surface area (Å²) in [4.78, 5) is 25.8. The minimum atomic E-state index is -0.0976. The second kappa shape index (κ2) is 7.35. The number of nitrogens with one attached hydrogen (secondary N) is 1. The average molecular weight is 374 g/mol. The van der Waals surface area contributed by atoms with E-state index in [1.807, 2.05) is 66.4 Å². The molecule has 5 heteroatoms. The first-order valence-corrected chi connectivity index (χ1v) is 9.35. The van der Waals surface area contributed by atoms with Gasteiger partial charge >= 0.3 is 0 Å². The van der Waals surface area contributed by atoms with Crippen LogP contribution in [0.25, 0.3) is 11.3 Å². The number of amides is 2. The molecule has 1 aliphatic rings. The molecule has 1 aromatic heterocycles. The summed E-state index contributed by atoms with van der Waals surface area (Å²) >= 11 is 0. The fourth-order valence-electron chi connectivity index (χ4n) is 3.53. The van der Waals surface area contributed by atoms with Crippen LogP contribution in [0.5, 0.6) is 0 Å². The van der Waals surface area contributed by atoms with Crippen LogP contribution in [0, 0.1) is 6.92 Å². The van der Waals surface area contributed by atoms with Gasteiger partial charge in [-0.25, -0.2) is 0 Å². The van der Waals surface area contributed by atoms with Crippen LogP contribution in [0.1, 0.15) is 34.2 Å². The number of nitrogens with zero attached hydrogens (tertiary/aromatic N) is 1. The fourth-order valence-corrected chi connectivity index (χ4v) is 3.53. The summed E-state index contributed by atoms with van der Waals surface area (Å²) < 4.78 is 6.04. The van der Waals surface area contributed by atoms with E-state index in [1.54, 1.807) is 0 Å². The molecule has 4 rings (SSSR count). The molecule has 0 atom stereocenters. The van der Waals surface area contributed by atoms with Gasteiger partial charge in [0.2, 0.25) is 5.91 Å². The smallest absolute Gasteiger partial charge is 0.254 e. The van der Waals surface area contributed by atoms with Crippen molar-refractivity contribution < 1.29 is 14.0 Å². The van der Waals surface area contributed by atoms with Crippen molar-refractivity contribution in [1.82, 2.24) is 4.90 Å². The number of carbonyl (C=O) groups is 2. The van der Waals surface area contributed by atoms with Gasteiger partial charge in [0, 0.05) is 48.8 Å². The molecular formula is C23H22N2O3. The Morgan fingerprint density at radius 1 is 1.07 bits per heavy atom. The van der Waals surface area contributed by atoms with E-state index >= 15 is 0 Å². The standard InChI is InChI=1S/C23H22N2O3/c1-15-4-3-5-18(12-15)23(27)25-11-10-21-19(14-25)13-22(28-21)17-6-8-20(9-7-17)24-16(2)26/h3-9,12-13H,10-11,14H2,1-2H3,(H,24,26). The van der Waals surface area contributed by atoms with Crippen molar-refractivity contribution in [2.24, 2.45) is 0 Å². The number of furan rings is 1. The first-order chi connectivity index (χ1) is 13.5. The Morgan fingerprint density at radius 3 is 2.57 bits per heavy atom. The molecule has 5 nitrogen and oxygen atoms in total. The summed E-state index contributed by atoms with van der Waals surface area (Å²) in [5.41, 5.74) is 4.55. The maximum Gasteiger partial charge on any atom is 0.254 e. The normalized spacial score (nSPS) is 13.1. The molecule has 2 amide bonds. The third-order valence-electron chi connectivity index (χ3n) is 4.91. The number of rotatable bonds is 3. The van der Waals surface area contributed by atoms with E-state index in [4.69, 9.17) is 4.42 Å². The highest BCUT2D eigenvalue weighted by Crippen LogP contribution is 2.30. The minimum absolute atomic E-state index is 0.0526. The van der Waals surface area contributed by atoms with Gasteiger partial charge in [-0.05, 0) is 49.4 Å². The van der Waals surface area contributed by atoms with Gasteiger partial charge in [0.05, 0.1) is 0 Å². The van der Waals surface area contributed by atoms with E-state index in [1.165, 1.54) is 6.92 Å². The molecular weight excluding hydrogens is 352 g/mol. The second-order valence-electron chi connectivity index (χ2n) is 7.16. The summed E-state index contributed by atoms with van der Waals surface area (Å²) in [6.45, 7) is 4.67. The number of hydrogen-bond donors (Lipinski definition) is 1. The van der Waals surface area contributed by atoms with Crippen molar-refractivity contribution in [1.29, 1.82) is 0 Å². The Kier molecular flexibility index (Phi) is 4.74. The lowest BCUT2D eigenvalue weighted by molar-refractivity contribution is -0.114. The molecule has 0 saturated heterocycles. The highest BCUT2D eigenvalue weighted by molar-refractivity contribution is 5.94. The number of hydrogen-bond acceptors (Lipinski definition) is 3. The maximum absolute atomic E-state index is 12.8. The van der Waals surface area contributed by atoms with Gasteiger partial charge in [-0.3, -0.25) is 9.59 Å². The van der Waals surface area contributed by atoms with Gasteiger partial charge in [0.1, 0.15) is 11.5 Å². The lowest BCUT2D eigenvalue weighted by Gasteiger charge is -2.26. The lowest BCUT2D eigenvalue weighted by atomic mass is 10.1. The third kappa shape index (κ3) is 3.69. The van der Waals surface area contributed by atoms with Crippen molar-refractivity contribution in [3.05, 3.63) is 77.0 Å². The molecule has 1 aliphatic heterocycles. The molecule has 3 aromatic rings. The van der Waals surface area contributed by atoms with Gasteiger partial charge < -0.3 is 14.6 Å². The molecule has 0 saturated carbocycles. The molecule has 0 radical (unpaired) electrons. The Morgan fingerprint density at radius 2 is 1.86 bits per heavy atom. The monoisotopic (exact) mass is 374 g/mol. The zero-order chi connectivity index (χ0) is 19.7. The number of carbonyl (C=O) groups excluding carboxylic acids is 2. The van der Waals surface area contributed by atoms with Crippen LogP contribution in [0.15, 0.2) is 59.0 Å². The van der Waals surface area contributed by atoms with Crippen molar-refractivity contribution in [3.8, 4) is 11.3 Å². The number of benzene rings is 2. The van der Waals surface area contributed by atoms with Crippen LogP contribution >= 0.6 is 0 Å². The van der Waals surface area contributed by atoms with Crippen LogP contribution in [0.4, 0.5) is 5.69 Å². The zero-order valence-electron chi connectivity index (χ0n) is 16.0. The largest absolute Gasteiger partial charge is 0.461 e. The van der Waals surface area contributed by atoms with Gasteiger partial charge in [0.15, 0.2) is 0 Å². The molecule has 0 aliphatic carbocycles. The summed E-state index contributed by atoms with van der Waals surface area (Å²) in [6.07, 6.45) is 0.705. The first kappa shape index (κ1) is 18.0. The van der Waals surface area contributed by atoms with E-state index in [2.05, 4.69) is 5.32 Å². The number of fused-ring (bicyclic) bond motifs is 1. The second-order valence-corrected chi connectivity index (χ2v) is 7.16. The summed E-state index contributed by atoms with van der Waals surface area (Å²) in [5.74, 6) is 1.68. The third-order valence-corrected chi connectivity index (χ3v) is 4.91. The fraction of sp³-hybridized carbons (Fsp3) is 0.217. The van der Waals surface area contributed by atoms with Crippen molar-refractivity contribution in [2.75, 3.05) is 11.9 Å². The van der Waals surface area contributed by atoms with E-state index in [0.717, 1.165) is 39.5 Å². The van der Waals surface area contributed by atoms with E-state index in [9.17, 15) is 9.59 Å². The SMILES string of the molecule is CC(=O)Nc1ccc(-c2cc3c(o2)CCN(C(=O)c2cccc(C)c2)C3)cc1. The molecule has 2 heterocycles. The average Bonchev–Trinajstić information content (AvgIpc) is 3.11. The van der Waals surface area contributed by atoms with Crippen molar-refractivity contribution in [2.45, 2.75) is 26.8 Å².